The smallest absolute Gasteiger partial charge is 0.0706 e. The fourth-order valence-electron chi connectivity index (χ4n) is 0.401. The predicted molar refractivity (Wildman–Crippen MR) is 93.0 cm³/mol. The van der Waals surface area contributed by atoms with Crippen LogP contribution >= 0.6 is 127 Å². The molecular formula is C6H2Br8. The van der Waals surface area contributed by atoms with Gasteiger partial charge in [0.15, 0.2) is 0 Å². The van der Waals surface area contributed by atoms with E-state index in [0.29, 0.717) is 0 Å². The molecule has 0 aliphatic heterocycles. The zero-order chi connectivity index (χ0) is 11.5. The van der Waals surface area contributed by atoms with Gasteiger partial charge in [-0.15, -0.1) is 0 Å². The first-order chi connectivity index (χ1) is 6.29. The first kappa shape index (κ1) is 17.3. The van der Waals surface area contributed by atoms with Gasteiger partial charge in [0, 0.05) is 17.9 Å². The van der Waals surface area contributed by atoms with E-state index in [9.17, 15) is 0 Å². The number of rotatable bonds is 3. The minimum atomic E-state index is 0.0707. The Morgan fingerprint density at radius 2 is 0.786 bits per heavy atom. The molecule has 0 bridgehead atoms. The Kier molecular flexibility index (Phi) is 10.4. The second-order valence-electron chi connectivity index (χ2n) is 1.93. The molecule has 8 heteroatoms. The normalized spacial score (nSPS) is 15.9. The van der Waals surface area contributed by atoms with E-state index in [1.54, 1.807) is 0 Å². The third-order valence-electron chi connectivity index (χ3n) is 0.995. The maximum absolute atomic E-state index is 3.47. The fraction of sp³-hybridized carbons (Fsp3) is 0.333. The van der Waals surface area contributed by atoms with E-state index in [1.165, 1.54) is 0 Å². The quantitative estimate of drug-likeness (QED) is 0.214. The van der Waals surface area contributed by atoms with Gasteiger partial charge in [0.05, 0.1) is 0 Å². The van der Waals surface area contributed by atoms with Crippen LogP contribution in [0.2, 0.25) is 0 Å². The summed E-state index contributed by atoms with van der Waals surface area (Å²) < 4.78 is 3.91. The van der Waals surface area contributed by atoms with Crippen molar-refractivity contribution in [2.75, 3.05) is 0 Å². The lowest BCUT2D eigenvalue weighted by atomic mass is 10.4. The predicted octanol–water partition coefficient (Wildman–Crippen LogP) is 7.22. The van der Waals surface area contributed by atoms with Crippen molar-refractivity contribution >= 4 is 127 Å². The average molecular weight is 713 g/mol. The molecule has 0 unspecified atom stereocenters. The second kappa shape index (κ2) is 8.43. The summed E-state index contributed by atoms with van der Waals surface area (Å²) in [5, 5.41) is 0. The molecule has 0 heterocycles. The van der Waals surface area contributed by atoms with E-state index in [1.807, 2.05) is 0 Å². The van der Waals surface area contributed by atoms with Gasteiger partial charge < -0.3 is 0 Å². The van der Waals surface area contributed by atoms with Crippen LogP contribution in [0.15, 0.2) is 17.9 Å². The zero-order valence-corrected chi connectivity index (χ0v) is 18.9. The highest BCUT2D eigenvalue weighted by Crippen LogP contribution is 2.41. The van der Waals surface area contributed by atoms with E-state index in [-0.39, 0.29) is 7.47 Å². The second-order valence-corrected chi connectivity index (χ2v) is 11.3. The number of halogens is 8. The monoisotopic (exact) mass is 705 g/mol. The maximum atomic E-state index is 3.47. The minimum Gasteiger partial charge on any atom is -0.0706 e. The summed E-state index contributed by atoms with van der Waals surface area (Å²) in [4.78, 5) is 0. The molecule has 0 saturated carbocycles. The summed E-state index contributed by atoms with van der Waals surface area (Å²) >= 11 is 27.4. The van der Waals surface area contributed by atoms with Crippen molar-refractivity contribution in [3.8, 4) is 0 Å². The van der Waals surface area contributed by atoms with E-state index < -0.39 is 0 Å². The molecule has 0 aliphatic carbocycles. The van der Waals surface area contributed by atoms with Gasteiger partial charge in [-0.3, -0.25) is 0 Å². The van der Waals surface area contributed by atoms with Gasteiger partial charge in [-0.2, -0.15) is 0 Å². The molecule has 0 spiro atoms. The Labute approximate surface area is 150 Å². The van der Waals surface area contributed by atoms with Crippen LogP contribution in [-0.4, -0.2) is 7.47 Å². The molecule has 0 radical (unpaired) electrons. The molecular weight excluding hydrogens is 711 g/mol. The molecule has 82 valence electrons. The van der Waals surface area contributed by atoms with Crippen molar-refractivity contribution in [2.24, 2.45) is 0 Å². The van der Waals surface area contributed by atoms with Crippen molar-refractivity contribution < 1.29 is 0 Å². The first-order valence-corrected chi connectivity index (χ1v) is 9.79. The number of alkyl halides is 4. The highest BCUT2D eigenvalue weighted by Gasteiger charge is 2.15. The molecule has 0 fully saturated rings. The molecule has 0 nitrogen and oxygen atoms in total. The molecule has 0 rings (SSSR count). The van der Waals surface area contributed by atoms with Crippen LogP contribution in [-0.2, 0) is 0 Å². The van der Waals surface area contributed by atoms with Crippen molar-refractivity contribution in [1.29, 1.82) is 0 Å². The topological polar surface area (TPSA) is 0 Å². The summed E-state index contributed by atoms with van der Waals surface area (Å²) in [6, 6.07) is 0. The number of hydrogen-bond donors (Lipinski definition) is 0. The summed E-state index contributed by atoms with van der Waals surface area (Å²) in [6.45, 7) is 0. The summed E-state index contributed by atoms with van der Waals surface area (Å²) in [5.74, 6) is 0. The van der Waals surface area contributed by atoms with Crippen molar-refractivity contribution in [3.63, 3.8) is 0 Å². The highest BCUT2D eigenvalue weighted by molar-refractivity contribution is 9.26. The standard InChI is InChI=1S/C6H2Br8/c7-1(3(9)5(11)12)2(8)4(10)6(13)14/h5-6H/b3-1+,4-2+. The van der Waals surface area contributed by atoms with Gasteiger partial charge in [-0.05, 0) is 31.9 Å². The third-order valence-corrected chi connectivity index (χ3v) is 10.2. The largest absolute Gasteiger partial charge is 0.102 e. The van der Waals surface area contributed by atoms with Crippen molar-refractivity contribution in [2.45, 2.75) is 7.47 Å². The SMILES string of the molecule is BrC(/C(Br)=C(\Br)C(Br)Br)=C(/Br)C(Br)Br. The fourth-order valence-corrected chi connectivity index (χ4v) is 4.36. The van der Waals surface area contributed by atoms with Crippen LogP contribution in [0.4, 0.5) is 0 Å². The molecule has 0 aromatic carbocycles. The van der Waals surface area contributed by atoms with Crippen LogP contribution in [0.1, 0.15) is 0 Å². The van der Waals surface area contributed by atoms with E-state index in [0.717, 1.165) is 17.9 Å². The van der Waals surface area contributed by atoms with E-state index in [4.69, 9.17) is 0 Å². The number of hydrogen-bond acceptors (Lipinski definition) is 0. The Balaban J connectivity index is 5.14. The van der Waals surface area contributed by atoms with Gasteiger partial charge in [0.25, 0.3) is 0 Å². The lowest BCUT2D eigenvalue weighted by Gasteiger charge is -2.08. The average Bonchev–Trinajstić information content (AvgIpc) is 2.12. The first-order valence-electron chi connectivity index (χ1n) is 2.96. The van der Waals surface area contributed by atoms with Gasteiger partial charge >= 0.3 is 0 Å². The van der Waals surface area contributed by atoms with E-state index >= 15 is 0 Å². The molecule has 0 aliphatic rings. The van der Waals surface area contributed by atoms with Gasteiger partial charge in [-0.1, -0.05) is 95.6 Å². The molecule has 0 amide bonds. The molecule has 0 N–H and O–H groups in total. The summed E-state index contributed by atoms with van der Waals surface area (Å²) in [7, 11) is 0. The third kappa shape index (κ3) is 5.78. The molecule has 0 atom stereocenters. The summed E-state index contributed by atoms with van der Waals surface area (Å²) in [6.07, 6.45) is 0. The Morgan fingerprint density at radius 3 is 0.929 bits per heavy atom. The van der Waals surface area contributed by atoms with Crippen LogP contribution in [0.25, 0.3) is 0 Å². The van der Waals surface area contributed by atoms with Gasteiger partial charge in [0.2, 0.25) is 0 Å². The van der Waals surface area contributed by atoms with Crippen LogP contribution < -0.4 is 0 Å². The molecule has 14 heavy (non-hydrogen) atoms. The van der Waals surface area contributed by atoms with Crippen LogP contribution in [0.3, 0.4) is 0 Å². The molecule has 0 aromatic rings. The maximum Gasteiger partial charge on any atom is 0.102 e. The van der Waals surface area contributed by atoms with Gasteiger partial charge in [-0.25, -0.2) is 0 Å². The lowest BCUT2D eigenvalue weighted by molar-refractivity contribution is 1.59. The Hall–Kier alpha value is 3.32. The molecule has 0 saturated heterocycles. The molecule has 0 aromatic heterocycles. The zero-order valence-electron chi connectivity index (χ0n) is 6.18. The summed E-state index contributed by atoms with van der Waals surface area (Å²) in [5.41, 5.74) is 0. The van der Waals surface area contributed by atoms with Gasteiger partial charge in [0.1, 0.15) is 7.47 Å². The van der Waals surface area contributed by atoms with Crippen molar-refractivity contribution in [1.82, 2.24) is 0 Å². The lowest BCUT2D eigenvalue weighted by Crippen LogP contribution is -1.92. The minimum absolute atomic E-state index is 0.0707. The highest BCUT2D eigenvalue weighted by atomic mass is 79.9. The van der Waals surface area contributed by atoms with Crippen LogP contribution in [0, 0.1) is 0 Å². The Morgan fingerprint density at radius 1 is 0.571 bits per heavy atom. The van der Waals surface area contributed by atoms with Crippen LogP contribution in [0.5, 0.6) is 0 Å². The Bertz CT molecular complexity index is 235. The van der Waals surface area contributed by atoms with Crippen molar-refractivity contribution in [3.05, 3.63) is 17.9 Å². The number of allylic oxidation sites excluding steroid dienone is 4. The van der Waals surface area contributed by atoms with E-state index in [2.05, 4.69) is 127 Å².